The Morgan fingerprint density at radius 3 is 2.38 bits per heavy atom. The van der Waals surface area contributed by atoms with Crippen LogP contribution in [-0.2, 0) is 20.6 Å². The SMILES string of the molecule is CS(=O)(=O)N(CC(=O)NCCCSCc1cccc(Cl)c1)c1cc(Cl)cc(Cl)c1. The topological polar surface area (TPSA) is 66.5 Å². The van der Waals surface area contributed by atoms with Crippen molar-refractivity contribution in [2.24, 2.45) is 0 Å². The van der Waals surface area contributed by atoms with Gasteiger partial charge in [0.15, 0.2) is 0 Å². The van der Waals surface area contributed by atoms with E-state index in [1.54, 1.807) is 11.8 Å². The van der Waals surface area contributed by atoms with Crippen molar-refractivity contribution in [1.29, 1.82) is 0 Å². The molecule has 0 aliphatic carbocycles. The number of amides is 1. The number of sulfonamides is 1. The van der Waals surface area contributed by atoms with Gasteiger partial charge >= 0.3 is 0 Å². The minimum Gasteiger partial charge on any atom is -0.354 e. The predicted octanol–water partition coefficient (Wildman–Crippen LogP) is 4.85. The maximum Gasteiger partial charge on any atom is 0.240 e. The van der Waals surface area contributed by atoms with E-state index in [0.29, 0.717) is 21.6 Å². The number of anilines is 1. The Balaban J connectivity index is 1.80. The van der Waals surface area contributed by atoms with Gasteiger partial charge in [-0.25, -0.2) is 8.42 Å². The molecule has 0 aliphatic rings. The lowest BCUT2D eigenvalue weighted by Gasteiger charge is -2.22. The summed E-state index contributed by atoms with van der Waals surface area (Å²) in [6, 6.07) is 12.1. The van der Waals surface area contributed by atoms with Crippen molar-refractivity contribution in [2.75, 3.05) is 29.4 Å². The fourth-order valence-corrected chi connectivity index (χ4v) is 4.96. The molecule has 0 radical (unpaired) electrons. The lowest BCUT2D eigenvalue weighted by molar-refractivity contribution is -0.119. The number of carbonyl (C=O) groups is 1. The van der Waals surface area contributed by atoms with Gasteiger partial charge in [0, 0.05) is 27.4 Å². The minimum absolute atomic E-state index is 0.247. The molecular formula is C19H21Cl3N2O3S2. The summed E-state index contributed by atoms with van der Waals surface area (Å²) < 4.78 is 25.2. The van der Waals surface area contributed by atoms with Crippen LogP contribution in [-0.4, -0.2) is 39.4 Å². The van der Waals surface area contributed by atoms with E-state index >= 15 is 0 Å². The molecule has 29 heavy (non-hydrogen) atoms. The van der Waals surface area contributed by atoms with Crippen LogP contribution in [0.25, 0.3) is 0 Å². The first-order valence-electron chi connectivity index (χ1n) is 8.68. The van der Waals surface area contributed by atoms with Crippen LogP contribution in [0.2, 0.25) is 15.1 Å². The largest absolute Gasteiger partial charge is 0.354 e. The normalized spacial score (nSPS) is 11.3. The quantitative estimate of drug-likeness (QED) is 0.478. The highest BCUT2D eigenvalue weighted by atomic mass is 35.5. The summed E-state index contributed by atoms with van der Waals surface area (Å²) >= 11 is 19.6. The summed E-state index contributed by atoms with van der Waals surface area (Å²) in [4.78, 5) is 12.2. The van der Waals surface area contributed by atoms with Crippen LogP contribution in [0.1, 0.15) is 12.0 Å². The number of nitrogens with zero attached hydrogens (tertiary/aromatic N) is 1. The third-order valence-electron chi connectivity index (χ3n) is 3.77. The van der Waals surface area contributed by atoms with Crippen LogP contribution in [0.15, 0.2) is 42.5 Å². The Morgan fingerprint density at radius 2 is 1.76 bits per heavy atom. The Labute approximate surface area is 190 Å². The summed E-state index contributed by atoms with van der Waals surface area (Å²) in [5, 5.41) is 4.04. The molecule has 158 valence electrons. The van der Waals surface area contributed by atoms with Gasteiger partial charge in [-0.15, -0.1) is 0 Å². The number of benzene rings is 2. The molecule has 0 unspecified atom stereocenters. The standard InChI is InChI=1S/C19H21Cl3N2O3S2/c1-29(26,27)24(18-10-16(21)9-17(22)11-18)12-19(25)23-6-3-7-28-13-14-4-2-5-15(20)8-14/h2,4-5,8-11H,3,6-7,12-13H2,1H3,(H,23,25). The molecule has 2 aromatic rings. The molecule has 0 bridgehead atoms. The third kappa shape index (κ3) is 8.64. The van der Waals surface area contributed by atoms with E-state index in [9.17, 15) is 13.2 Å². The fraction of sp³-hybridized carbons (Fsp3) is 0.316. The van der Waals surface area contributed by atoms with Crippen molar-refractivity contribution in [2.45, 2.75) is 12.2 Å². The minimum atomic E-state index is -3.68. The van der Waals surface area contributed by atoms with E-state index in [0.717, 1.165) is 34.1 Å². The van der Waals surface area contributed by atoms with Gasteiger partial charge in [-0.05, 0) is 48.1 Å². The van der Waals surface area contributed by atoms with Crippen molar-refractivity contribution in [1.82, 2.24) is 5.32 Å². The Morgan fingerprint density at radius 1 is 1.07 bits per heavy atom. The summed E-state index contributed by atoms with van der Waals surface area (Å²) in [6.45, 7) is 0.112. The van der Waals surface area contributed by atoms with Gasteiger partial charge in [0.2, 0.25) is 15.9 Å². The molecule has 10 heteroatoms. The van der Waals surface area contributed by atoms with Crippen molar-refractivity contribution < 1.29 is 13.2 Å². The summed E-state index contributed by atoms with van der Waals surface area (Å²) in [6.07, 6.45) is 1.79. The van der Waals surface area contributed by atoms with Crippen molar-refractivity contribution in [3.63, 3.8) is 0 Å². The van der Waals surface area contributed by atoms with E-state index in [1.165, 1.54) is 18.2 Å². The summed E-state index contributed by atoms with van der Waals surface area (Å²) in [5.74, 6) is 1.30. The van der Waals surface area contributed by atoms with Crippen molar-refractivity contribution in [3.8, 4) is 0 Å². The third-order valence-corrected chi connectivity index (χ3v) is 6.70. The molecule has 2 aromatic carbocycles. The molecule has 5 nitrogen and oxygen atoms in total. The number of carbonyl (C=O) groups excluding carboxylic acids is 1. The van der Waals surface area contributed by atoms with E-state index in [-0.39, 0.29) is 12.2 Å². The number of hydrogen-bond acceptors (Lipinski definition) is 4. The van der Waals surface area contributed by atoms with Crippen molar-refractivity contribution in [3.05, 3.63) is 63.1 Å². The molecule has 1 amide bonds. The summed E-state index contributed by atoms with van der Waals surface area (Å²) in [5.41, 5.74) is 1.40. The highest BCUT2D eigenvalue weighted by Gasteiger charge is 2.21. The van der Waals surface area contributed by atoms with Crippen molar-refractivity contribution >= 4 is 68.2 Å². The van der Waals surface area contributed by atoms with Gasteiger partial charge in [0.05, 0.1) is 11.9 Å². The molecule has 0 aromatic heterocycles. The fourth-order valence-electron chi connectivity index (χ4n) is 2.49. The monoisotopic (exact) mass is 494 g/mol. The lowest BCUT2D eigenvalue weighted by atomic mass is 10.2. The molecule has 0 saturated heterocycles. The van der Waals surface area contributed by atoms with E-state index in [4.69, 9.17) is 34.8 Å². The van der Waals surface area contributed by atoms with Crippen LogP contribution in [0.3, 0.4) is 0 Å². The van der Waals surface area contributed by atoms with Gasteiger partial charge in [-0.2, -0.15) is 11.8 Å². The number of thioether (sulfide) groups is 1. The van der Waals surface area contributed by atoms with Gasteiger partial charge in [-0.1, -0.05) is 46.9 Å². The molecule has 1 N–H and O–H groups in total. The highest BCUT2D eigenvalue weighted by molar-refractivity contribution is 7.98. The van der Waals surface area contributed by atoms with Crippen LogP contribution in [0.5, 0.6) is 0 Å². The van der Waals surface area contributed by atoms with E-state index < -0.39 is 15.9 Å². The van der Waals surface area contributed by atoms with Gasteiger partial charge in [0.25, 0.3) is 0 Å². The lowest BCUT2D eigenvalue weighted by Crippen LogP contribution is -2.40. The zero-order valence-electron chi connectivity index (χ0n) is 15.7. The number of hydrogen-bond donors (Lipinski definition) is 1. The molecule has 0 heterocycles. The number of rotatable bonds is 10. The van der Waals surface area contributed by atoms with Crippen LogP contribution in [0.4, 0.5) is 5.69 Å². The van der Waals surface area contributed by atoms with Crippen LogP contribution in [0, 0.1) is 0 Å². The zero-order chi connectivity index (χ0) is 21.4. The Bertz CT molecular complexity index is 935. The Kier molecular flexibility index (Phi) is 9.43. The van der Waals surface area contributed by atoms with Gasteiger partial charge in [-0.3, -0.25) is 9.10 Å². The maximum absolute atomic E-state index is 12.2. The van der Waals surface area contributed by atoms with Crippen LogP contribution < -0.4 is 9.62 Å². The molecule has 0 spiro atoms. The average Bonchev–Trinajstić information content (AvgIpc) is 2.61. The maximum atomic E-state index is 12.2. The van der Waals surface area contributed by atoms with Gasteiger partial charge < -0.3 is 5.32 Å². The molecular weight excluding hydrogens is 475 g/mol. The number of nitrogens with one attached hydrogen (secondary N) is 1. The second kappa shape index (κ2) is 11.3. The highest BCUT2D eigenvalue weighted by Crippen LogP contribution is 2.26. The second-order valence-corrected chi connectivity index (χ2v) is 10.6. The average molecular weight is 496 g/mol. The van der Waals surface area contributed by atoms with E-state index in [1.807, 2.05) is 24.3 Å². The molecule has 0 atom stereocenters. The summed E-state index contributed by atoms with van der Waals surface area (Å²) in [7, 11) is -3.68. The molecule has 0 aliphatic heterocycles. The Hall–Kier alpha value is -1.12. The zero-order valence-corrected chi connectivity index (χ0v) is 19.6. The molecule has 2 rings (SSSR count). The van der Waals surface area contributed by atoms with Gasteiger partial charge in [0.1, 0.15) is 6.54 Å². The second-order valence-electron chi connectivity index (χ2n) is 6.28. The van der Waals surface area contributed by atoms with Crippen LogP contribution >= 0.6 is 46.6 Å². The number of halogens is 3. The first kappa shape index (κ1) is 24.2. The predicted molar refractivity (Wildman–Crippen MR) is 124 cm³/mol. The molecule has 0 saturated carbocycles. The first-order valence-corrected chi connectivity index (χ1v) is 12.8. The molecule has 0 fully saturated rings. The van der Waals surface area contributed by atoms with E-state index in [2.05, 4.69) is 5.32 Å². The first-order chi connectivity index (χ1) is 13.6. The smallest absolute Gasteiger partial charge is 0.240 e.